The van der Waals surface area contributed by atoms with Crippen molar-refractivity contribution in [2.45, 2.75) is 32.2 Å². The minimum atomic E-state index is -0.765. The van der Waals surface area contributed by atoms with Gasteiger partial charge < -0.3 is 10.0 Å². The Morgan fingerprint density at radius 3 is 3.00 bits per heavy atom. The van der Waals surface area contributed by atoms with Gasteiger partial charge in [-0.2, -0.15) is 0 Å². The quantitative estimate of drug-likeness (QED) is 0.909. The van der Waals surface area contributed by atoms with Crippen LogP contribution < -0.4 is 4.90 Å². The molecule has 0 spiro atoms. The first-order valence-corrected chi connectivity index (χ1v) is 7.22. The summed E-state index contributed by atoms with van der Waals surface area (Å²) >= 11 is 1.63. The van der Waals surface area contributed by atoms with Crippen LogP contribution in [0.25, 0.3) is 10.2 Å². The van der Waals surface area contributed by atoms with Crippen LogP contribution in [0.1, 0.15) is 24.8 Å². The lowest BCUT2D eigenvalue weighted by atomic mass is 10.3. The van der Waals surface area contributed by atoms with E-state index in [2.05, 4.69) is 20.2 Å². The number of thiophene rings is 1. The second-order valence-corrected chi connectivity index (χ2v) is 5.74. The Hall–Kier alpha value is -1.69. The van der Waals surface area contributed by atoms with Crippen LogP contribution >= 0.6 is 11.3 Å². The van der Waals surface area contributed by atoms with Crippen molar-refractivity contribution >= 4 is 33.3 Å². The highest BCUT2D eigenvalue weighted by Crippen LogP contribution is 2.36. The lowest BCUT2D eigenvalue weighted by Crippen LogP contribution is -2.29. The third-order valence-corrected chi connectivity index (χ3v) is 4.42. The summed E-state index contributed by atoms with van der Waals surface area (Å²) in [5, 5.41) is 10.9. The molecule has 6 heteroatoms. The van der Waals surface area contributed by atoms with Gasteiger partial charge in [-0.15, -0.1) is 11.3 Å². The fraction of sp³-hybridized carbons (Fsp3) is 0.462. The fourth-order valence-corrected chi connectivity index (χ4v) is 3.23. The maximum atomic E-state index is 10.8. The van der Waals surface area contributed by atoms with Gasteiger partial charge in [0.1, 0.15) is 12.1 Å². The number of nitrogens with zero attached hydrogens (tertiary/aromatic N) is 3. The number of carboxylic acid groups (broad SMARTS) is 1. The van der Waals surface area contributed by atoms with E-state index in [0.717, 1.165) is 34.4 Å². The van der Waals surface area contributed by atoms with E-state index in [-0.39, 0.29) is 6.42 Å². The van der Waals surface area contributed by atoms with Gasteiger partial charge in [0.15, 0.2) is 0 Å². The molecule has 19 heavy (non-hydrogen) atoms. The van der Waals surface area contributed by atoms with Crippen molar-refractivity contribution in [2.24, 2.45) is 0 Å². The number of hydrogen-bond acceptors (Lipinski definition) is 5. The van der Waals surface area contributed by atoms with Crippen LogP contribution in [0, 0.1) is 6.92 Å². The summed E-state index contributed by atoms with van der Waals surface area (Å²) in [6.07, 6.45) is 3.96. The van der Waals surface area contributed by atoms with Crippen LogP contribution in [0.5, 0.6) is 0 Å². The number of aryl methyl sites for hydroxylation is 1. The second kappa shape index (κ2) is 4.77. The zero-order chi connectivity index (χ0) is 13.4. The molecule has 0 saturated heterocycles. The number of rotatable bonds is 5. The van der Waals surface area contributed by atoms with E-state index < -0.39 is 5.97 Å². The standard InChI is InChI=1S/C13H15N3O2S/c1-8-6-19-12-11(8)14-7-15-13(12)16(9-2-3-9)5-4-10(17)18/h6-7,9H,2-5H2,1H3,(H,17,18). The Morgan fingerprint density at radius 2 is 2.32 bits per heavy atom. The third-order valence-electron chi connectivity index (χ3n) is 3.34. The van der Waals surface area contributed by atoms with Crippen molar-refractivity contribution in [2.75, 3.05) is 11.4 Å². The Labute approximate surface area is 114 Å². The molecule has 0 bridgehead atoms. The fourth-order valence-electron chi connectivity index (χ4n) is 2.23. The summed E-state index contributed by atoms with van der Waals surface area (Å²) in [6.45, 7) is 2.55. The molecule has 2 aromatic rings. The lowest BCUT2D eigenvalue weighted by Gasteiger charge is -2.22. The van der Waals surface area contributed by atoms with Crippen molar-refractivity contribution in [1.82, 2.24) is 9.97 Å². The number of anilines is 1. The van der Waals surface area contributed by atoms with Gasteiger partial charge in [0.2, 0.25) is 0 Å². The molecular weight excluding hydrogens is 262 g/mol. The zero-order valence-corrected chi connectivity index (χ0v) is 11.5. The third kappa shape index (κ3) is 2.40. The van der Waals surface area contributed by atoms with Gasteiger partial charge >= 0.3 is 5.97 Å². The minimum absolute atomic E-state index is 0.145. The van der Waals surface area contributed by atoms with Gasteiger partial charge in [0.25, 0.3) is 0 Å². The Morgan fingerprint density at radius 1 is 1.53 bits per heavy atom. The minimum Gasteiger partial charge on any atom is -0.481 e. The van der Waals surface area contributed by atoms with Crippen LogP contribution in [0.3, 0.4) is 0 Å². The first-order valence-electron chi connectivity index (χ1n) is 6.34. The highest BCUT2D eigenvalue weighted by molar-refractivity contribution is 7.18. The molecule has 0 aliphatic heterocycles. The molecule has 3 rings (SSSR count). The van der Waals surface area contributed by atoms with Gasteiger partial charge in [0.05, 0.1) is 16.6 Å². The molecule has 1 aliphatic carbocycles. The maximum absolute atomic E-state index is 10.8. The van der Waals surface area contributed by atoms with Crippen LogP contribution in [-0.2, 0) is 4.79 Å². The summed E-state index contributed by atoms with van der Waals surface area (Å²) in [4.78, 5) is 21.6. The largest absolute Gasteiger partial charge is 0.481 e. The van der Waals surface area contributed by atoms with E-state index in [1.54, 1.807) is 17.7 Å². The normalized spacial score (nSPS) is 14.8. The second-order valence-electron chi connectivity index (χ2n) is 4.86. The van der Waals surface area contributed by atoms with E-state index in [4.69, 9.17) is 5.11 Å². The molecule has 1 aliphatic rings. The Bertz CT molecular complexity index is 621. The van der Waals surface area contributed by atoms with Crippen LogP contribution in [-0.4, -0.2) is 33.6 Å². The van der Waals surface area contributed by atoms with Crippen molar-refractivity contribution in [1.29, 1.82) is 0 Å². The first-order chi connectivity index (χ1) is 9.16. The van der Waals surface area contributed by atoms with Crippen molar-refractivity contribution in [3.8, 4) is 0 Å². The summed E-state index contributed by atoms with van der Waals surface area (Å²) in [7, 11) is 0. The van der Waals surface area contributed by atoms with E-state index in [0.29, 0.717) is 12.6 Å². The summed E-state index contributed by atoms with van der Waals surface area (Å²) in [5.41, 5.74) is 2.13. The molecular formula is C13H15N3O2S. The van der Waals surface area contributed by atoms with Gasteiger partial charge in [-0.05, 0) is 30.7 Å². The number of aromatic nitrogens is 2. The molecule has 1 N–H and O–H groups in total. The highest BCUT2D eigenvalue weighted by Gasteiger charge is 2.31. The summed E-state index contributed by atoms with van der Waals surface area (Å²) < 4.78 is 1.07. The number of carboxylic acids is 1. The molecule has 0 amide bonds. The van der Waals surface area contributed by atoms with Crippen molar-refractivity contribution < 1.29 is 9.90 Å². The average molecular weight is 277 g/mol. The smallest absolute Gasteiger partial charge is 0.305 e. The number of hydrogen-bond donors (Lipinski definition) is 1. The van der Waals surface area contributed by atoms with Gasteiger partial charge in [-0.25, -0.2) is 9.97 Å². The molecule has 5 nitrogen and oxygen atoms in total. The highest BCUT2D eigenvalue weighted by atomic mass is 32.1. The number of aliphatic carboxylic acids is 1. The lowest BCUT2D eigenvalue weighted by molar-refractivity contribution is -0.136. The predicted octanol–water partition coefficient (Wildman–Crippen LogP) is 2.44. The topological polar surface area (TPSA) is 66.3 Å². The molecule has 0 radical (unpaired) electrons. The molecule has 2 aromatic heterocycles. The molecule has 2 heterocycles. The average Bonchev–Trinajstić information content (AvgIpc) is 3.15. The Kier molecular flexibility index (Phi) is 3.10. The van der Waals surface area contributed by atoms with Crippen LogP contribution in [0.15, 0.2) is 11.7 Å². The SMILES string of the molecule is Cc1csc2c(N(CCC(=O)O)C3CC3)ncnc12. The van der Waals surface area contributed by atoms with E-state index in [1.165, 1.54) is 0 Å². The zero-order valence-electron chi connectivity index (χ0n) is 10.7. The maximum Gasteiger partial charge on any atom is 0.305 e. The van der Waals surface area contributed by atoms with Gasteiger partial charge in [-0.3, -0.25) is 4.79 Å². The van der Waals surface area contributed by atoms with Crippen LogP contribution in [0.2, 0.25) is 0 Å². The Balaban J connectivity index is 1.97. The van der Waals surface area contributed by atoms with Crippen molar-refractivity contribution in [3.05, 3.63) is 17.3 Å². The van der Waals surface area contributed by atoms with Gasteiger partial charge in [0, 0.05) is 12.6 Å². The predicted molar refractivity (Wildman–Crippen MR) is 74.8 cm³/mol. The van der Waals surface area contributed by atoms with E-state index in [9.17, 15) is 4.79 Å². The summed E-state index contributed by atoms with van der Waals surface area (Å²) in [5.74, 6) is 0.130. The molecule has 0 atom stereocenters. The molecule has 100 valence electrons. The monoisotopic (exact) mass is 277 g/mol. The molecule has 1 saturated carbocycles. The summed E-state index contributed by atoms with van der Waals surface area (Å²) in [6, 6.07) is 0.444. The van der Waals surface area contributed by atoms with Gasteiger partial charge in [-0.1, -0.05) is 0 Å². The number of fused-ring (bicyclic) bond motifs is 1. The first kappa shape index (κ1) is 12.3. The van der Waals surface area contributed by atoms with Crippen LogP contribution in [0.4, 0.5) is 5.82 Å². The molecule has 0 unspecified atom stereocenters. The van der Waals surface area contributed by atoms with Crippen molar-refractivity contribution in [3.63, 3.8) is 0 Å². The molecule has 0 aromatic carbocycles. The number of carbonyl (C=O) groups is 1. The van der Waals surface area contributed by atoms with E-state index >= 15 is 0 Å². The molecule has 1 fully saturated rings. The van der Waals surface area contributed by atoms with E-state index in [1.807, 2.05) is 6.92 Å².